The molecule has 0 fully saturated rings. The lowest BCUT2D eigenvalue weighted by atomic mass is 10.1. The van der Waals surface area contributed by atoms with Gasteiger partial charge >= 0.3 is 0 Å². The Hall–Kier alpha value is -3.41. The first-order valence-corrected chi connectivity index (χ1v) is 9.43. The van der Waals surface area contributed by atoms with Crippen molar-refractivity contribution in [1.29, 1.82) is 0 Å². The number of nitrogen functional groups attached to an aromatic ring is 1. The molecule has 2 aromatic heterocycles. The molecule has 28 heavy (non-hydrogen) atoms. The number of benzene rings is 2. The second-order valence-electron chi connectivity index (χ2n) is 6.98. The molecule has 2 N–H and O–H groups in total. The van der Waals surface area contributed by atoms with Crippen molar-refractivity contribution in [2.24, 2.45) is 0 Å². The molecule has 2 aromatic carbocycles. The number of nitrogens with zero attached hydrogens (tertiary/aromatic N) is 5. The Morgan fingerprint density at radius 1 is 1.04 bits per heavy atom. The zero-order chi connectivity index (χ0) is 19.7. The summed E-state index contributed by atoms with van der Waals surface area (Å²) >= 11 is 0. The highest BCUT2D eigenvalue weighted by Gasteiger charge is 2.19. The van der Waals surface area contributed by atoms with Gasteiger partial charge in [0.1, 0.15) is 5.82 Å². The fourth-order valence-electron chi connectivity index (χ4n) is 3.23. The molecule has 6 heteroatoms. The third-order valence-electron chi connectivity index (χ3n) is 4.91. The Labute approximate surface area is 164 Å². The molecule has 0 amide bonds. The highest BCUT2D eigenvalue weighted by molar-refractivity contribution is 5.99. The summed E-state index contributed by atoms with van der Waals surface area (Å²) in [4.78, 5) is 11.5. The molecule has 0 saturated heterocycles. The third kappa shape index (κ3) is 3.29. The van der Waals surface area contributed by atoms with Crippen molar-refractivity contribution in [3.05, 3.63) is 65.7 Å². The topological polar surface area (TPSA) is 72.9 Å². The molecule has 4 aromatic rings. The first kappa shape index (κ1) is 18.0. The van der Waals surface area contributed by atoms with Gasteiger partial charge in [-0.2, -0.15) is 4.98 Å². The number of hydrogen-bond donors (Lipinski definition) is 1. The maximum absolute atomic E-state index is 6.53. The van der Waals surface area contributed by atoms with E-state index < -0.39 is 0 Å². The normalized spacial score (nSPS) is 11.1. The Kier molecular flexibility index (Phi) is 4.69. The van der Waals surface area contributed by atoms with Crippen LogP contribution >= 0.6 is 0 Å². The van der Waals surface area contributed by atoms with Gasteiger partial charge in [-0.1, -0.05) is 54.1 Å². The van der Waals surface area contributed by atoms with Gasteiger partial charge in [-0.25, -0.2) is 9.67 Å². The molecule has 2 heterocycles. The number of hydrogen-bond acceptors (Lipinski definition) is 5. The van der Waals surface area contributed by atoms with Crippen LogP contribution in [-0.4, -0.2) is 33.3 Å². The van der Waals surface area contributed by atoms with E-state index in [2.05, 4.69) is 49.2 Å². The van der Waals surface area contributed by atoms with Gasteiger partial charge < -0.3 is 10.6 Å². The summed E-state index contributed by atoms with van der Waals surface area (Å²) in [5.41, 5.74) is 11.3. The SMILES string of the molecule is CCN(C)c1nc(-c2cccc(C)c2)c2c(N)n(Cc3ccccc3)nc2n1. The first-order valence-electron chi connectivity index (χ1n) is 9.43. The molecule has 0 bridgehead atoms. The van der Waals surface area contributed by atoms with Crippen molar-refractivity contribution in [1.82, 2.24) is 19.7 Å². The maximum Gasteiger partial charge on any atom is 0.227 e. The number of anilines is 2. The fourth-order valence-corrected chi connectivity index (χ4v) is 3.23. The lowest BCUT2D eigenvalue weighted by molar-refractivity contribution is 0.703. The lowest BCUT2D eigenvalue weighted by Gasteiger charge is -2.15. The van der Waals surface area contributed by atoms with Crippen LogP contribution in [0.2, 0.25) is 0 Å². The van der Waals surface area contributed by atoms with Gasteiger partial charge in [-0.05, 0) is 25.5 Å². The molecule has 142 valence electrons. The zero-order valence-electron chi connectivity index (χ0n) is 16.4. The molecule has 0 radical (unpaired) electrons. The smallest absolute Gasteiger partial charge is 0.227 e. The van der Waals surface area contributed by atoms with Crippen LogP contribution in [0.15, 0.2) is 54.6 Å². The van der Waals surface area contributed by atoms with E-state index in [0.29, 0.717) is 24.0 Å². The monoisotopic (exact) mass is 372 g/mol. The van der Waals surface area contributed by atoms with Crippen LogP contribution in [0.3, 0.4) is 0 Å². The molecule has 0 atom stereocenters. The Morgan fingerprint density at radius 3 is 2.54 bits per heavy atom. The molecule has 6 nitrogen and oxygen atoms in total. The van der Waals surface area contributed by atoms with Gasteiger partial charge in [-0.15, -0.1) is 5.10 Å². The Balaban J connectivity index is 1.92. The molecule has 0 aliphatic rings. The summed E-state index contributed by atoms with van der Waals surface area (Å²) in [5, 5.41) is 5.51. The highest BCUT2D eigenvalue weighted by atomic mass is 15.3. The van der Waals surface area contributed by atoms with Crippen LogP contribution in [-0.2, 0) is 6.54 Å². The Bertz CT molecular complexity index is 1120. The predicted molar refractivity (Wildman–Crippen MR) is 114 cm³/mol. The summed E-state index contributed by atoms with van der Waals surface area (Å²) in [7, 11) is 1.98. The molecule has 4 rings (SSSR count). The summed E-state index contributed by atoms with van der Waals surface area (Å²) in [6.45, 7) is 5.54. The second-order valence-corrected chi connectivity index (χ2v) is 6.98. The summed E-state index contributed by atoms with van der Waals surface area (Å²) in [6.07, 6.45) is 0. The van der Waals surface area contributed by atoms with Gasteiger partial charge in [-0.3, -0.25) is 0 Å². The Morgan fingerprint density at radius 2 is 1.82 bits per heavy atom. The van der Waals surface area contributed by atoms with Gasteiger partial charge in [0.2, 0.25) is 5.95 Å². The summed E-state index contributed by atoms with van der Waals surface area (Å²) < 4.78 is 1.81. The van der Waals surface area contributed by atoms with Crippen molar-refractivity contribution in [3.8, 4) is 11.3 Å². The van der Waals surface area contributed by atoms with E-state index in [1.165, 1.54) is 5.56 Å². The molecule has 0 spiro atoms. The highest BCUT2D eigenvalue weighted by Crippen LogP contribution is 2.32. The van der Waals surface area contributed by atoms with Crippen molar-refractivity contribution < 1.29 is 0 Å². The lowest BCUT2D eigenvalue weighted by Crippen LogP contribution is -2.19. The van der Waals surface area contributed by atoms with E-state index >= 15 is 0 Å². The number of aromatic nitrogens is 4. The van der Waals surface area contributed by atoms with Crippen LogP contribution in [0.4, 0.5) is 11.8 Å². The van der Waals surface area contributed by atoms with Crippen molar-refractivity contribution in [3.63, 3.8) is 0 Å². The van der Waals surface area contributed by atoms with E-state index in [0.717, 1.165) is 28.8 Å². The summed E-state index contributed by atoms with van der Waals surface area (Å²) in [5.74, 6) is 1.23. The second kappa shape index (κ2) is 7.31. The van der Waals surface area contributed by atoms with Crippen molar-refractivity contribution in [2.75, 3.05) is 24.2 Å². The quantitative estimate of drug-likeness (QED) is 0.575. The van der Waals surface area contributed by atoms with Crippen molar-refractivity contribution >= 4 is 22.8 Å². The zero-order valence-corrected chi connectivity index (χ0v) is 16.4. The fraction of sp³-hybridized carbons (Fsp3) is 0.227. The molecular formula is C22H24N6. The van der Waals surface area contributed by atoms with Crippen LogP contribution in [0.5, 0.6) is 0 Å². The molecule has 0 aliphatic heterocycles. The predicted octanol–water partition coefficient (Wildman–Crippen LogP) is 3.89. The average molecular weight is 372 g/mol. The van der Waals surface area contributed by atoms with Crippen LogP contribution in [0, 0.1) is 6.92 Å². The van der Waals surface area contributed by atoms with E-state index in [1.807, 2.05) is 40.9 Å². The average Bonchev–Trinajstić information content (AvgIpc) is 3.03. The minimum Gasteiger partial charge on any atom is -0.383 e. The molecule has 0 aliphatic carbocycles. The van der Waals surface area contributed by atoms with Gasteiger partial charge in [0.25, 0.3) is 0 Å². The van der Waals surface area contributed by atoms with E-state index in [1.54, 1.807) is 0 Å². The van der Waals surface area contributed by atoms with E-state index in [-0.39, 0.29) is 0 Å². The van der Waals surface area contributed by atoms with Gasteiger partial charge in [0.15, 0.2) is 5.65 Å². The maximum atomic E-state index is 6.53. The van der Waals surface area contributed by atoms with Crippen molar-refractivity contribution in [2.45, 2.75) is 20.4 Å². The largest absolute Gasteiger partial charge is 0.383 e. The van der Waals surface area contributed by atoms with Gasteiger partial charge in [0.05, 0.1) is 17.6 Å². The standard InChI is InChI=1S/C22H24N6/c1-4-27(3)22-24-19(17-12-8-9-15(2)13-17)18-20(23)28(26-21(18)25-22)14-16-10-6-5-7-11-16/h5-13H,4,14,23H2,1-3H3. The number of nitrogens with two attached hydrogens (primary N) is 1. The third-order valence-corrected chi connectivity index (χ3v) is 4.91. The first-order chi connectivity index (χ1) is 13.6. The number of rotatable bonds is 5. The van der Waals surface area contributed by atoms with E-state index in [4.69, 9.17) is 15.8 Å². The summed E-state index contributed by atoms with van der Waals surface area (Å²) in [6, 6.07) is 18.4. The molecule has 0 unspecified atom stereocenters. The minimum absolute atomic E-state index is 0.584. The van der Waals surface area contributed by atoms with Crippen LogP contribution < -0.4 is 10.6 Å². The van der Waals surface area contributed by atoms with E-state index in [9.17, 15) is 0 Å². The van der Waals surface area contributed by atoms with Gasteiger partial charge in [0, 0.05) is 19.2 Å². The minimum atomic E-state index is 0.584. The molecular weight excluding hydrogens is 348 g/mol. The van der Waals surface area contributed by atoms with Crippen LogP contribution in [0.25, 0.3) is 22.3 Å². The number of aryl methyl sites for hydroxylation is 1. The molecule has 0 saturated carbocycles. The van der Waals surface area contributed by atoms with Crippen LogP contribution in [0.1, 0.15) is 18.1 Å². The number of fused-ring (bicyclic) bond motifs is 1.